The zero-order valence-electron chi connectivity index (χ0n) is 19.7. The number of rotatable bonds is 5. The Morgan fingerprint density at radius 2 is 1.73 bits per heavy atom. The van der Waals surface area contributed by atoms with Crippen LogP contribution in [0.4, 0.5) is 11.5 Å². The molecule has 1 amide bonds. The van der Waals surface area contributed by atoms with Crippen molar-refractivity contribution >= 4 is 17.4 Å². The smallest absolute Gasteiger partial charge is 0.261 e. The Balaban J connectivity index is 1.30. The van der Waals surface area contributed by atoms with Crippen LogP contribution < -0.4 is 10.6 Å². The van der Waals surface area contributed by atoms with E-state index in [0.29, 0.717) is 17.5 Å². The van der Waals surface area contributed by atoms with Gasteiger partial charge >= 0.3 is 0 Å². The predicted molar refractivity (Wildman–Crippen MR) is 134 cm³/mol. The van der Waals surface area contributed by atoms with Crippen molar-refractivity contribution in [2.75, 3.05) is 10.6 Å². The lowest BCUT2D eigenvalue weighted by molar-refractivity contribution is 0.102. The van der Waals surface area contributed by atoms with Gasteiger partial charge in [0.05, 0.1) is 11.7 Å². The topological polar surface area (TPSA) is 59.0 Å². The van der Waals surface area contributed by atoms with Gasteiger partial charge in [-0.05, 0) is 68.7 Å². The van der Waals surface area contributed by atoms with Crippen LogP contribution >= 0.6 is 0 Å². The minimum atomic E-state index is -0.111. The Hall–Kier alpha value is -3.08. The molecule has 3 aromatic rings. The Morgan fingerprint density at radius 3 is 2.45 bits per heavy atom. The maximum absolute atomic E-state index is 13.2. The molecule has 2 aromatic carbocycles. The first-order chi connectivity index (χ1) is 16.0. The van der Waals surface area contributed by atoms with E-state index in [1.807, 2.05) is 22.9 Å². The molecule has 1 fully saturated rings. The number of carbonyl (C=O) groups is 1. The van der Waals surface area contributed by atoms with Gasteiger partial charge in [0, 0.05) is 11.7 Å². The van der Waals surface area contributed by atoms with Crippen LogP contribution in [0.3, 0.4) is 0 Å². The van der Waals surface area contributed by atoms with Crippen molar-refractivity contribution in [3.8, 4) is 0 Å². The van der Waals surface area contributed by atoms with Crippen molar-refractivity contribution in [1.29, 1.82) is 0 Å². The Morgan fingerprint density at radius 1 is 1.03 bits per heavy atom. The van der Waals surface area contributed by atoms with Crippen molar-refractivity contribution < 1.29 is 4.79 Å². The predicted octanol–water partition coefficient (Wildman–Crippen LogP) is 6.23. The molecule has 2 N–H and O–H groups in total. The summed E-state index contributed by atoms with van der Waals surface area (Å²) in [6, 6.07) is 18.9. The second kappa shape index (κ2) is 9.05. The number of fused-ring (bicyclic) bond motifs is 1. The van der Waals surface area contributed by atoms with Crippen molar-refractivity contribution in [3.05, 3.63) is 77.5 Å². The number of nitrogens with one attached hydrogen (secondary N) is 2. The van der Waals surface area contributed by atoms with Crippen LogP contribution in [0, 0.1) is 5.92 Å². The fourth-order valence-corrected chi connectivity index (χ4v) is 5.52. The van der Waals surface area contributed by atoms with Crippen LogP contribution in [0.5, 0.6) is 0 Å². The molecule has 1 aliphatic carbocycles. The van der Waals surface area contributed by atoms with Crippen LogP contribution in [-0.2, 0) is 12.0 Å². The van der Waals surface area contributed by atoms with Crippen LogP contribution in [0.2, 0.25) is 0 Å². The summed E-state index contributed by atoms with van der Waals surface area (Å²) in [5, 5.41) is 11.4. The largest absolute Gasteiger partial charge is 0.366 e. The number of carbonyl (C=O) groups excluding carboxylic acids is 1. The average Bonchev–Trinajstić information content (AvgIpc) is 3.27. The van der Waals surface area contributed by atoms with E-state index in [9.17, 15) is 4.79 Å². The molecule has 0 saturated heterocycles. The number of amides is 1. The van der Waals surface area contributed by atoms with Gasteiger partial charge in [-0.2, -0.15) is 5.10 Å². The van der Waals surface area contributed by atoms with Crippen molar-refractivity contribution in [2.24, 2.45) is 5.92 Å². The molecule has 1 saturated carbocycles. The zero-order chi connectivity index (χ0) is 22.8. The number of hydrogen-bond donors (Lipinski definition) is 2. The van der Waals surface area contributed by atoms with Crippen molar-refractivity contribution in [2.45, 2.75) is 70.4 Å². The lowest BCUT2D eigenvalue weighted by Gasteiger charge is -2.42. The van der Waals surface area contributed by atoms with E-state index in [1.165, 1.54) is 43.2 Å². The number of anilines is 2. The lowest BCUT2D eigenvalue weighted by Crippen LogP contribution is -2.45. The summed E-state index contributed by atoms with van der Waals surface area (Å²) >= 11 is 0. The molecule has 1 aromatic heterocycles. The fourth-order valence-electron chi connectivity index (χ4n) is 5.52. The lowest BCUT2D eigenvalue weighted by atomic mass is 9.78. The fraction of sp³-hybridized carbons (Fsp3) is 0.429. The third-order valence-corrected chi connectivity index (χ3v) is 7.31. The van der Waals surface area contributed by atoms with Crippen LogP contribution in [-0.4, -0.2) is 21.7 Å². The molecular formula is C28H34N4O. The Bertz CT molecular complexity index is 1090. The highest BCUT2D eigenvalue weighted by Gasteiger charge is 2.39. The normalized spacial score (nSPS) is 20.0. The van der Waals surface area contributed by atoms with E-state index in [2.05, 4.69) is 66.0 Å². The first-order valence-electron chi connectivity index (χ1n) is 12.3. The highest BCUT2D eigenvalue weighted by molar-refractivity contribution is 6.07. The minimum Gasteiger partial charge on any atom is -0.366 e. The maximum atomic E-state index is 13.2. The third-order valence-electron chi connectivity index (χ3n) is 7.31. The van der Waals surface area contributed by atoms with Gasteiger partial charge < -0.3 is 10.6 Å². The number of nitrogens with zero attached hydrogens (tertiary/aromatic N) is 2. The summed E-state index contributed by atoms with van der Waals surface area (Å²) in [7, 11) is 0. The molecule has 5 heteroatoms. The Labute approximate surface area is 196 Å². The van der Waals surface area contributed by atoms with Gasteiger partial charge in [0.2, 0.25) is 0 Å². The monoisotopic (exact) mass is 442 g/mol. The summed E-state index contributed by atoms with van der Waals surface area (Å²) < 4.78 is 2.00. The Kier molecular flexibility index (Phi) is 5.96. The van der Waals surface area contributed by atoms with E-state index in [1.54, 1.807) is 6.20 Å². The van der Waals surface area contributed by atoms with E-state index in [0.717, 1.165) is 24.3 Å². The highest BCUT2D eigenvalue weighted by atomic mass is 16.1. The van der Waals surface area contributed by atoms with Crippen molar-refractivity contribution in [3.63, 3.8) is 0 Å². The van der Waals surface area contributed by atoms with Crippen LogP contribution in [0.1, 0.15) is 73.9 Å². The molecule has 5 nitrogen and oxygen atoms in total. The minimum absolute atomic E-state index is 0.111. The quantitative estimate of drug-likeness (QED) is 0.493. The second-order valence-electron chi connectivity index (χ2n) is 10.3. The number of aromatic nitrogens is 2. The molecular weight excluding hydrogens is 408 g/mol. The molecule has 1 atom stereocenters. The van der Waals surface area contributed by atoms with Gasteiger partial charge in [-0.3, -0.25) is 4.79 Å². The van der Waals surface area contributed by atoms with E-state index in [4.69, 9.17) is 0 Å². The average molecular weight is 443 g/mol. The van der Waals surface area contributed by atoms with E-state index < -0.39 is 0 Å². The molecule has 1 aliphatic heterocycles. The molecule has 2 heterocycles. The van der Waals surface area contributed by atoms with E-state index >= 15 is 0 Å². The van der Waals surface area contributed by atoms with Gasteiger partial charge in [0.1, 0.15) is 11.4 Å². The second-order valence-corrected chi connectivity index (χ2v) is 10.3. The van der Waals surface area contributed by atoms with Crippen LogP contribution in [0.15, 0.2) is 60.8 Å². The molecule has 33 heavy (non-hydrogen) atoms. The van der Waals surface area contributed by atoms with Gasteiger partial charge in [-0.1, -0.05) is 61.7 Å². The molecule has 172 valence electrons. The zero-order valence-corrected chi connectivity index (χ0v) is 19.7. The van der Waals surface area contributed by atoms with Gasteiger partial charge in [0.25, 0.3) is 5.91 Å². The van der Waals surface area contributed by atoms with Crippen LogP contribution in [0.25, 0.3) is 0 Å². The first-order valence-corrected chi connectivity index (χ1v) is 12.3. The summed E-state index contributed by atoms with van der Waals surface area (Å²) in [6.07, 6.45) is 10.2. The summed E-state index contributed by atoms with van der Waals surface area (Å²) in [6.45, 7) is 4.46. The van der Waals surface area contributed by atoms with Gasteiger partial charge in [-0.15, -0.1) is 0 Å². The first kappa shape index (κ1) is 21.7. The van der Waals surface area contributed by atoms with Gasteiger partial charge in [0.15, 0.2) is 0 Å². The SMILES string of the molecule is CC1(C)CC(C2CCCCC2)Nc2c(C(=O)Nc3ccc(Cc4ccccc4)cc3)cnn21. The molecule has 1 unspecified atom stereocenters. The van der Waals surface area contributed by atoms with Gasteiger partial charge in [-0.25, -0.2) is 4.68 Å². The van der Waals surface area contributed by atoms with E-state index in [-0.39, 0.29) is 11.4 Å². The summed E-state index contributed by atoms with van der Waals surface area (Å²) in [4.78, 5) is 13.2. The van der Waals surface area contributed by atoms with Crippen molar-refractivity contribution in [1.82, 2.24) is 9.78 Å². The molecule has 2 aliphatic rings. The number of benzene rings is 2. The third kappa shape index (κ3) is 4.68. The molecule has 5 rings (SSSR count). The standard InChI is InChI=1S/C28H34N4O/c1-28(2)18-25(22-11-7-4-8-12-22)31-26-24(19-29-32(26)28)27(33)30-23-15-13-21(14-16-23)17-20-9-5-3-6-10-20/h3,5-6,9-10,13-16,19,22,25,31H,4,7-8,11-12,17-18H2,1-2H3,(H,30,33). The molecule has 0 radical (unpaired) electrons. The number of hydrogen-bond acceptors (Lipinski definition) is 3. The maximum Gasteiger partial charge on any atom is 0.261 e. The molecule has 0 spiro atoms. The highest BCUT2D eigenvalue weighted by Crippen LogP contribution is 2.39. The summed E-state index contributed by atoms with van der Waals surface area (Å²) in [5.41, 5.74) is 3.82. The summed E-state index contributed by atoms with van der Waals surface area (Å²) in [5.74, 6) is 1.43. The molecule has 0 bridgehead atoms.